The molecule has 3 N–H and O–H groups in total. The Morgan fingerprint density at radius 1 is 1.43 bits per heavy atom. The average molecular weight is 194 g/mol. The van der Waals surface area contributed by atoms with Gasteiger partial charge < -0.3 is 11.1 Å². The third-order valence-electron chi connectivity index (χ3n) is 2.79. The molecule has 0 aliphatic carbocycles. The minimum absolute atomic E-state index is 0.255. The van der Waals surface area contributed by atoms with Gasteiger partial charge in [-0.3, -0.25) is 0 Å². The summed E-state index contributed by atoms with van der Waals surface area (Å²) < 4.78 is 12.8. The summed E-state index contributed by atoms with van der Waals surface area (Å²) in [5.41, 5.74) is 7.45. The summed E-state index contributed by atoms with van der Waals surface area (Å²) in [7, 11) is 0. The highest BCUT2D eigenvalue weighted by molar-refractivity contribution is 5.49. The van der Waals surface area contributed by atoms with Gasteiger partial charge in [0.25, 0.3) is 0 Å². The van der Waals surface area contributed by atoms with Crippen molar-refractivity contribution in [3.63, 3.8) is 0 Å². The summed E-state index contributed by atoms with van der Waals surface area (Å²) in [5.74, 6) is 0.194. The standard InChI is InChI=1S/C11H15FN2/c12-9-3-4-10(11(13)6-9)8-2-1-5-14-7-8/h3-4,6,8,14H,1-2,5,7,13H2/t8-/m1/s1. The molecule has 1 atom stereocenters. The van der Waals surface area contributed by atoms with Gasteiger partial charge >= 0.3 is 0 Å². The Bertz CT molecular complexity index is 319. The molecule has 0 aromatic heterocycles. The van der Waals surface area contributed by atoms with Crippen LogP contribution in [-0.2, 0) is 0 Å². The lowest BCUT2D eigenvalue weighted by atomic mass is 9.90. The first-order chi connectivity index (χ1) is 6.77. The van der Waals surface area contributed by atoms with Crippen molar-refractivity contribution in [2.24, 2.45) is 0 Å². The summed E-state index contributed by atoms with van der Waals surface area (Å²) in [6, 6.07) is 4.70. The monoisotopic (exact) mass is 194 g/mol. The van der Waals surface area contributed by atoms with Crippen molar-refractivity contribution in [2.75, 3.05) is 18.8 Å². The first kappa shape index (κ1) is 9.46. The summed E-state index contributed by atoms with van der Waals surface area (Å²) in [5, 5.41) is 3.33. The predicted molar refractivity (Wildman–Crippen MR) is 55.7 cm³/mol. The molecule has 14 heavy (non-hydrogen) atoms. The fourth-order valence-corrected chi connectivity index (χ4v) is 2.03. The molecule has 0 saturated carbocycles. The summed E-state index contributed by atoms with van der Waals surface area (Å²) >= 11 is 0. The van der Waals surface area contributed by atoms with Gasteiger partial charge in [-0.1, -0.05) is 6.07 Å². The van der Waals surface area contributed by atoms with E-state index in [0.717, 1.165) is 25.1 Å². The zero-order valence-electron chi connectivity index (χ0n) is 8.09. The number of nitrogens with one attached hydrogen (secondary N) is 1. The lowest BCUT2D eigenvalue weighted by molar-refractivity contribution is 0.462. The minimum atomic E-state index is -0.255. The van der Waals surface area contributed by atoms with E-state index in [4.69, 9.17) is 5.73 Å². The summed E-state index contributed by atoms with van der Waals surface area (Å²) in [6.07, 6.45) is 2.31. The number of hydrogen-bond acceptors (Lipinski definition) is 2. The molecule has 2 nitrogen and oxygen atoms in total. The zero-order chi connectivity index (χ0) is 9.97. The van der Waals surface area contributed by atoms with E-state index in [1.54, 1.807) is 0 Å². The highest BCUT2D eigenvalue weighted by Gasteiger charge is 2.17. The van der Waals surface area contributed by atoms with Crippen LogP contribution < -0.4 is 11.1 Å². The number of nitrogen functional groups attached to an aromatic ring is 1. The third-order valence-corrected chi connectivity index (χ3v) is 2.79. The van der Waals surface area contributed by atoms with Crippen LogP contribution in [0, 0.1) is 5.82 Å². The second kappa shape index (κ2) is 3.96. The van der Waals surface area contributed by atoms with Crippen molar-refractivity contribution in [2.45, 2.75) is 18.8 Å². The largest absolute Gasteiger partial charge is 0.398 e. The number of anilines is 1. The molecule has 1 heterocycles. The lowest BCUT2D eigenvalue weighted by Gasteiger charge is -2.24. The molecule has 1 fully saturated rings. The number of halogens is 1. The topological polar surface area (TPSA) is 38.0 Å². The van der Waals surface area contributed by atoms with Crippen LogP contribution in [0.5, 0.6) is 0 Å². The molecule has 1 aliphatic rings. The fourth-order valence-electron chi connectivity index (χ4n) is 2.03. The maximum absolute atomic E-state index is 12.8. The van der Waals surface area contributed by atoms with E-state index in [-0.39, 0.29) is 5.82 Å². The van der Waals surface area contributed by atoms with Crippen LogP contribution in [0.4, 0.5) is 10.1 Å². The number of benzene rings is 1. The van der Waals surface area contributed by atoms with E-state index in [2.05, 4.69) is 5.32 Å². The van der Waals surface area contributed by atoms with Gasteiger partial charge in [0.15, 0.2) is 0 Å². The van der Waals surface area contributed by atoms with Crippen LogP contribution in [-0.4, -0.2) is 13.1 Å². The van der Waals surface area contributed by atoms with Crippen molar-refractivity contribution < 1.29 is 4.39 Å². The van der Waals surface area contributed by atoms with Gasteiger partial charge in [-0.15, -0.1) is 0 Å². The van der Waals surface area contributed by atoms with Gasteiger partial charge in [0.1, 0.15) is 5.82 Å². The van der Waals surface area contributed by atoms with Crippen molar-refractivity contribution in [1.82, 2.24) is 5.32 Å². The first-order valence-corrected chi connectivity index (χ1v) is 5.03. The molecule has 0 amide bonds. The molecule has 1 aliphatic heterocycles. The van der Waals surface area contributed by atoms with Crippen LogP contribution in [0.15, 0.2) is 18.2 Å². The number of piperidine rings is 1. The molecule has 76 valence electrons. The van der Waals surface area contributed by atoms with E-state index in [9.17, 15) is 4.39 Å². The molecular weight excluding hydrogens is 179 g/mol. The fraction of sp³-hybridized carbons (Fsp3) is 0.455. The molecule has 1 saturated heterocycles. The Labute approximate surface area is 83.3 Å². The van der Waals surface area contributed by atoms with Gasteiger partial charge in [0.05, 0.1) is 0 Å². The van der Waals surface area contributed by atoms with E-state index in [0.29, 0.717) is 11.6 Å². The van der Waals surface area contributed by atoms with E-state index in [1.165, 1.54) is 18.6 Å². The molecular formula is C11H15FN2. The second-order valence-electron chi connectivity index (χ2n) is 3.82. The molecule has 0 unspecified atom stereocenters. The highest BCUT2D eigenvalue weighted by Crippen LogP contribution is 2.28. The van der Waals surface area contributed by atoms with Gasteiger partial charge in [-0.05, 0) is 43.0 Å². The Kier molecular flexibility index (Phi) is 2.68. The average Bonchev–Trinajstić information content (AvgIpc) is 2.19. The molecule has 0 spiro atoms. The third kappa shape index (κ3) is 1.87. The van der Waals surface area contributed by atoms with Crippen molar-refractivity contribution >= 4 is 5.69 Å². The Morgan fingerprint density at radius 3 is 2.93 bits per heavy atom. The Hall–Kier alpha value is -1.09. The van der Waals surface area contributed by atoms with Crippen molar-refractivity contribution in [3.05, 3.63) is 29.6 Å². The summed E-state index contributed by atoms with van der Waals surface area (Å²) in [6.45, 7) is 2.04. The van der Waals surface area contributed by atoms with E-state index >= 15 is 0 Å². The number of nitrogens with two attached hydrogens (primary N) is 1. The SMILES string of the molecule is Nc1cc(F)ccc1[C@@H]1CCCNC1. The maximum Gasteiger partial charge on any atom is 0.125 e. The van der Waals surface area contributed by atoms with Crippen LogP contribution in [0.1, 0.15) is 24.3 Å². The van der Waals surface area contributed by atoms with Crippen LogP contribution in [0.3, 0.4) is 0 Å². The zero-order valence-corrected chi connectivity index (χ0v) is 8.09. The normalized spacial score (nSPS) is 22.2. The van der Waals surface area contributed by atoms with Crippen molar-refractivity contribution in [3.8, 4) is 0 Å². The Balaban J connectivity index is 2.22. The van der Waals surface area contributed by atoms with Crippen molar-refractivity contribution in [1.29, 1.82) is 0 Å². The molecule has 3 heteroatoms. The number of rotatable bonds is 1. The van der Waals surface area contributed by atoms with Gasteiger partial charge in [-0.25, -0.2) is 4.39 Å². The van der Waals surface area contributed by atoms with Gasteiger partial charge in [0.2, 0.25) is 0 Å². The molecule has 0 bridgehead atoms. The van der Waals surface area contributed by atoms with Crippen LogP contribution >= 0.6 is 0 Å². The van der Waals surface area contributed by atoms with Gasteiger partial charge in [-0.2, -0.15) is 0 Å². The molecule has 1 aromatic carbocycles. The molecule has 0 radical (unpaired) electrons. The van der Waals surface area contributed by atoms with E-state index < -0.39 is 0 Å². The van der Waals surface area contributed by atoms with Crippen LogP contribution in [0.2, 0.25) is 0 Å². The van der Waals surface area contributed by atoms with E-state index in [1.807, 2.05) is 6.07 Å². The molecule has 1 aromatic rings. The predicted octanol–water partition coefficient (Wildman–Crippen LogP) is 1.87. The lowest BCUT2D eigenvalue weighted by Crippen LogP contribution is -2.28. The first-order valence-electron chi connectivity index (χ1n) is 5.03. The smallest absolute Gasteiger partial charge is 0.125 e. The second-order valence-corrected chi connectivity index (χ2v) is 3.82. The van der Waals surface area contributed by atoms with Crippen LogP contribution in [0.25, 0.3) is 0 Å². The highest BCUT2D eigenvalue weighted by atomic mass is 19.1. The van der Waals surface area contributed by atoms with Gasteiger partial charge in [0, 0.05) is 12.2 Å². The minimum Gasteiger partial charge on any atom is -0.398 e. The molecule has 2 rings (SSSR count). The quantitative estimate of drug-likeness (QED) is 0.670. The summed E-state index contributed by atoms with van der Waals surface area (Å²) in [4.78, 5) is 0. The number of hydrogen-bond donors (Lipinski definition) is 2. The Morgan fingerprint density at radius 2 is 2.29 bits per heavy atom. The maximum atomic E-state index is 12.8.